The molecule has 3 heterocycles. The number of rotatable bonds is 3. The Labute approximate surface area is 115 Å². The molecular formula is C12H15ClN6. The first-order valence-corrected chi connectivity index (χ1v) is 6.57. The molecule has 0 atom stereocenters. The summed E-state index contributed by atoms with van der Waals surface area (Å²) < 4.78 is 5.71. The molecule has 19 heavy (non-hydrogen) atoms. The minimum absolute atomic E-state index is 0.376. The van der Waals surface area contributed by atoms with E-state index in [4.69, 9.17) is 11.6 Å². The second-order valence-corrected chi connectivity index (χ2v) is 4.88. The summed E-state index contributed by atoms with van der Waals surface area (Å²) in [7, 11) is 3.83. The minimum Gasteiger partial charge on any atom is -0.306 e. The van der Waals surface area contributed by atoms with Gasteiger partial charge in [0.2, 0.25) is 0 Å². The van der Waals surface area contributed by atoms with Crippen LogP contribution >= 0.6 is 11.6 Å². The third-order valence-electron chi connectivity index (χ3n) is 3.18. The van der Waals surface area contributed by atoms with E-state index >= 15 is 0 Å². The first-order chi connectivity index (χ1) is 9.10. The zero-order chi connectivity index (χ0) is 13.6. The van der Waals surface area contributed by atoms with E-state index in [2.05, 4.69) is 19.7 Å². The number of nitrogens with zero attached hydrogens (tertiary/aromatic N) is 6. The monoisotopic (exact) mass is 278 g/mol. The summed E-state index contributed by atoms with van der Waals surface area (Å²) in [5.74, 6) is 1.22. The van der Waals surface area contributed by atoms with Crippen molar-refractivity contribution in [1.82, 2.24) is 29.1 Å². The molecule has 0 fully saturated rings. The zero-order valence-electron chi connectivity index (χ0n) is 11.1. The minimum atomic E-state index is 0.376. The highest BCUT2D eigenvalue weighted by Gasteiger charge is 2.17. The summed E-state index contributed by atoms with van der Waals surface area (Å²) >= 11 is 6.00. The van der Waals surface area contributed by atoms with E-state index < -0.39 is 0 Å². The van der Waals surface area contributed by atoms with Gasteiger partial charge in [0, 0.05) is 20.3 Å². The summed E-state index contributed by atoms with van der Waals surface area (Å²) in [6.07, 6.45) is 1.93. The average Bonchev–Trinajstić information content (AvgIpc) is 3.00. The third-order valence-corrected chi connectivity index (χ3v) is 3.42. The van der Waals surface area contributed by atoms with Gasteiger partial charge in [-0.3, -0.25) is 9.36 Å². The molecule has 0 amide bonds. The lowest BCUT2D eigenvalue weighted by molar-refractivity contribution is 0.673. The Morgan fingerprint density at radius 3 is 2.68 bits per heavy atom. The summed E-state index contributed by atoms with van der Waals surface area (Å²) in [6.45, 7) is 2.61. The van der Waals surface area contributed by atoms with E-state index in [1.807, 2.05) is 38.0 Å². The molecule has 0 radical (unpaired) electrons. The number of hydrogen-bond donors (Lipinski definition) is 0. The molecule has 7 heteroatoms. The summed E-state index contributed by atoms with van der Waals surface area (Å²) in [6, 6.07) is 1.99. The van der Waals surface area contributed by atoms with E-state index in [-0.39, 0.29) is 0 Å². The lowest BCUT2D eigenvalue weighted by atomic mass is 10.4. The van der Waals surface area contributed by atoms with E-state index in [1.54, 1.807) is 4.68 Å². The quantitative estimate of drug-likeness (QED) is 0.684. The number of imidazole rings is 1. The van der Waals surface area contributed by atoms with Gasteiger partial charge in [-0.05, 0) is 13.0 Å². The number of fused-ring (bicyclic) bond motifs is 1. The number of hydrogen-bond acceptors (Lipinski definition) is 3. The topological polar surface area (TPSA) is 53.5 Å². The van der Waals surface area contributed by atoms with Crippen LogP contribution in [0.5, 0.6) is 0 Å². The maximum atomic E-state index is 6.00. The van der Waals surface area contributed by atoms with Gasteiger partial charge >= 0.3 is 0 Å². The molecule has 3 aromatic rings. The van der Waals surface area contributed by atoms with Crippen LogP contribution in [-0.2, 0) is 26.5 Å². The largest absolute Gasteiger partial charge is 0.306 e. The van der Waals surface area contributed by atoms with Gasteiger partial charge in [0.15, 0.2) is 5.65 Å². The molecule has 0 bridgehead atoms. The molecule has 100 valence electrons. The first-order valence-electron chi connectivity index (χ1n) is 6.03. The van der Waals surface area contributed by atoms with Crippen molar-refractivity contribution in [3.8, 4) is 0 Å². The number of aromatic nitrogens is 6. The number of alkyl halides is 1. The summed E-state index contributed by atoms with van der Waals surface area (Å²) in [4.78, 5) is 4.57. The summed E-state index contributed by atoms with van der Waals surface area (Å²) in [5.41, 5.74) is 3.79. The molecule has 0 aliphatic heterocycles. The van der Waals surface area contributed by atoms with Gasteiger partial charge in [0.25, 0.3) is 0 Å². The third kappa shape index (κ3) is 1.92. The van der Waals surface area contributed by atoms with Crippen LogP contribution in [0.15, 0.2) is 12.3 Å². The van der Waals surface area contributed by atoms with Crippen LogP contribution < -0.4 is 0 Å². The Kier molecular flexibility index (Phi) is 2.82. The van der Waals surface area contributed by atoms with Gasteiger partial charge in [-0.25, -0.2) is 4.98 Å². The second kappa shape index (κ2) is 4.38. The van der Waals surface area contributed by atoms with Crippen molar-refractivity contribution in [3.05, 3.63) is 29.5 Å². The first kappa shape index (κ1) is 12.2. The Morgan fingerprint density at radius 1 is 1.26 bits per heavy atom. The fraction of sp³-hybridized carbons (Fsp3) is 0.417. The van der Waals surface area contributed by atoms with Crippen molar-refractivity contribution in [1.29, 1.82) is 0 Å². The number of aryl methyl sites for hydroxylation is 3. The summed E-state index contributed by atoms with van der Waals surface area (Å²) in [5, 5.41) is 8.80. The lowest BCUT2D eigenvalue weighted by Gasteiger charge is -2.06. The molecule has 0 aromatic carbocycles. The van der Waals surface area contributed by atoms with Gasteiger partial charge in [-0.2, -0.15) is 10.2 Å². The van der Waals surface area contributed by atoms with Crippen LogP contribution in [0, 0.1) is 6.92 Å². The Bertz CT molecular complexity index is 735. The van der Waals surface area contributed by atoms with E-state index in [1.165, 1.54) is 0 Å². The average molecular weight is 279 g/mol. The number of halogens is 1. The molecule has 3 aromatic heterocycles. The molecule has 0 saturated heterocycles. The molecule has 0 spiro atoms. The van der Waals surface area contributed by atoms with E-state index in [0.717, 1.165) is 28.4 Å². The second-order valence-electron chi connectivity index (χ2n) is 4.61. The molecule has 0 N–H and O–H groups in total. The fourth-order valence-electron chi connectivity index (χ4n) is 2.36. The standard InChI is InChI=1S/C12H15ClN6/c1-8-11-12(18(3)15-8)19(10(6-13)14-11)7-9-4-5-17(2)16-9/h4-5H,6-7H2,1-3H3. The van der Waals surface area contributed by atoms with Gasteiger partial charge in [0.1, 0.15) is 11.3 Å². The van der Waals surface area contributed by atoms with Crippen molar-refractivity contribution >= 4 is 22.8 Å². The fourth-order valence-corrected chi connectivity index (χ4v) is 2.56. The predicted molar refractivity (Wildman–Crippen MR) is 73.1 cm³/mol. The Morgan fingerprint density at radius 2 is 2.05 bits per heavy atom. The van der Waals surface area contributed by atoms with Gasteiger partial charge in [0.05, 0.1) is 23.8 Å². The molecule has 3 rings (SSSR count). The van der Waals surface area contributed by atoms with Crippen molar-refractivity contribution in [2.24, 2.45) is 14.1 Å². The normalized spacial score (nSPS) is 11.6. The highest BCUT2D eigenvalue weighted by atomic mass is 35.5. The Balaban J connectivity index is 2.15. The van der Waals surface area contributed by atoms with Crippen molar-refractivity contribution in [3.63, 3.8) is 0 Å². The van der Waals surface area contributed by atoms with Crippen LogP contribution in [0.3, 0.4) is 0 Å². The zero-order valence-corrected chi connectivity index (χ0v) is 11.9. The highest BCUT2D eigenvalue weighted by molar-refractivity contribution is 6.16. The molecule has 0 unspecified atom stereocenters. The van der Waals surface area contributed by atoms with Crippen LogP contribution in [0.25, 0.3) is 11.2 Å². The molecular weight excluding hydrogens is 264 g/mol. The van der Waals surface area contributed by atoms with E-state index in [9.17, 15) is 0 Å². The SMILES string of the molecule is Cc1nn(C)c2c1nc(CCl)n2Cc1ccn(C)n1. The maximum Gasteiger partial charge on any atom is 0.159 e. The molecule has 6 nitrogen and oxygen atoms in total. The predicted octanol–water partition coefficient (Wildman–Crippen LogP) is 1.60. The van der Waals surface area contributed by atoms with Gasteiger partial charge in [-0.15, -0.1) is 11.6 Å². The lowest BCUT2D eigenvalue weighted by Crippen LogP contribution is -2.08. The van der Waals surface area contributed by atoms with Gasteiger partial charge in [-0.1, -0.05) is 0 Å². The Hall–Kier alpha value is -1.82. The van der Waals surface area contributed by atoms with Crippen LogP contribution in [0.4, 0.5) is 0 Å². The molecule has 0 aliphatic carbocycles. The van der Waals surface area contributed by atoms with Crippen molar-refractivity contribution in [2.45, 2.75) is 19.3 Å². The maximum absolute atomic E-state index is 6.00. The van der Waals surface area contributed by atoms with Crippen molar-refractivity contribution < 1.29 is 0 Å². The molecule has 0 saturated carbocycles. The highest BCUT2D eigenvalue weighted by Crippen LogP contribution is 2.21. The van der Waals surface area contributed by atoms with E-state index in [0.29, 0.717) is 12.4 Å². The van der Waals surface area contributed by atoms with Crippen LogP contribution in [-0.4, -0.2) is 29.1 Å². The molecule has 0 aliphatic rings. The van der Waals surface area contributed by atoms with Crippen LogP contribution in [0.1, 0.15) is 17.2 Å². The smallest absolute Gasteiger partial charge is 0.159 e. The van der Waals surface area contributed by atoms with Crippen LogP contribution in [0.2, 0.25) is 0 Å². The van der Waals surface area contributed by atoms with Crippen molar-refractivity contribution in [2.75, 3.05) is 0 Å². The van der Waals surface area contributed by atoms with Gasteiger partial charge < -0.3 is 4.57 Å².